The van der Waals surface area contributed by atoms with Gasteiger partial charge in [0.25, 0.3) is 0 Å². The fraction of sp³-hybridized carbons (Fsp3) is 0.944. The third-order valence-electron chi connectivity index (χ3n) is 6.08. The van der Waals surface area contributed by atoms with Gasteiger partial charge in [-0.05, 0) is 50.4 Å². The van der Waals surface area contributed by atoms with E-state index in [0.29, 0.717) is 19.4 Å². The molecule has 0 aromatic carbocycles. The van der Waals surface area contributed by atoms with E-state index in [2.05, 4.69) is 0 Å². The summed E-state index contributed by atoms with van der Waals surface area (Å²) < 4.78 is 32.2. The Labute approximate surface area is 151 Å². The lowest BCUT2D eigenvalue weighted by Crippen LogP contribution is -2.57. The number of amides is 1. The Morgan fingerprint density at radius 2 is 1.88 bits per heavy atom. The summed E-state index contributed by atoms with van der Waals surface area (Å²) in [6.07, 6.45) is 7.23. The van der Waals surface area contributed by atoms with Crippen molar-refractivity contribution in [2.75, 3.05) is 38.6 Å². The first kappa shape index (κ1) is 19.1. The Balaban J connectivity index is 1.73. The molecule has 0 bridgehead atoms. The molecule has 0 aliphatic carbocycles. The van der Waals surface area contributed by atoms with Crippen molar-refractivity contribution < 1.29 is 17.9 Å². The second-order valence-electron chi connectivity index (χ2n) is 7.91. The van der Waals surface area contributed by atoms with E-state index >= 15 is 0 Å². The Bertz CT molecular complexity index is 566. The van der Waals surface area contributed by atoms with Crippen molar-refractivity contribution in [1.29, 1.82) is 0 Å². The molecule has 3 fully saturated rings. The van der Waals surface area contributed by atoms with Crippen molar-refractivity contribution in [2.45, 2.75) is 64.3 Å². The molecule has 0 aromatic rings. The maximum absolute atomic E-state index is 13.2. The summed E-state index contributed by atoms with van der Waals surface area (Å²) >= 11 is 0. The minimum Gasteiger partial charge on any atom is -0.381 e. The van der Waals surface area contributed by atoms with Crippen LogP contribution in [0.25, 0.3) is 0 Å². The number of sulfonamides is 1. The lowest BCUT2D eigenvalue weighted by atomic mass is 9.74. The van der Waals surface area contributed by atoms with Crippen LogP contribution in [0.15, 0.2) is 0 Å². The molecule has 1 atom stereocenters. The van der Waals surface area contributed by atoms with Gasteiger partial charge in [-0.2, -0.15) is 4.31 Å². The minimum atomic E-state index is -3.33. The zero-order valence-electron chi connectivity index (χ0n) is 15.4. The monoisotopic (exact) mass is 372 g/mol. The molecular weight excluding hydrogens is 340 g/mol. The van der Waals surface area contributed by atoms with Crippen LogP contribution in [0.3, 0.4) is 0 Å². The van der Waals surface area contributed by atoms with Crippen LogP contribution in [0.1, 0.15) is 58.3 Å². The summed E-state index contributed by atoms with van der Waals surface area (Å²) in [4.78, 5) is 15.2. The zero-order valence-corrected chi connectivity index (χ0v) is 16.2. The molecule has 1 amide bonds. The van der Waals surface area contributed by atoms with E-state index in [9.17, 15) is 13.2 Å². The van der Waals surface area contributed by atoms with Crippen molar-refractivity contribution in [3.63, 3.8) is 0 Å². The predicted molar refractivity (Wildman–Crippen MR) is 96.7 cm³/mol. The van der Waals surface area contributed by atoms with Crippen LogP contribution >= 0.6 is 0 Å². The molecule has 3 heterocycles. The quantitative estimate of drug-likeness (QED) is 0.757. The standard InChI is InChI=1S/C18H32N2O4S/c1-2-14-25(22,23)20-11-4-3-6-16(20)17(21)19-10-5-7-18(15-19)8-12-24-13-9-18/h16H,2-15H2,1H3/t16-/m0/s1. The highest BCUT2D eigenvalue weighted by Gasteiger charge is 2.43. The van der Waals surface area contributed by atoms with Gasteiger partial charge in [-0.25, -0.2) is 8.42 Å². The predicted octanol–water partition coefficient (Wildman–Crippen LogP) is 2.00. The van der Waals surface area contributed by atoms with E-state index in [-0.39, 0.29) is 17.1 Å². The van der Waals surface area contributed by atoms with Gasteiger partial charge in [0.05, 0.1) is 5.75 Å². The maximum atomic E-state index is 13.2. The van der Waals surface area contributed by atoms with Crippen molar-refractivity contribution in [1.82, 2.24) is 9.21 Å². The summed E-state index contributed by atoms with van der Waals surface area (Å²) in [5.74, 6) is 0.169. The molecule has 0 aromatic heterocycles. The van der Waals surface area contributed by atoms with Gasteiger partial charge in [-0.1, -0.05) is 13.3 Å². The van der Waals surface area contributed by atoms with Crippen LogP contribution in [0.2, 0.25) is 0 Å². The van der Waals surface area contributed by atoms with Crippen LogP contribution in [0.5, 0.6) is 0 Å². The SMILES string of the molecule is CCCS(=O)(=O)N1CCCC[C@H]1C(=O)N1CCCC2(CCOCC2)C1. The largest absolute Gasteiger partial charge is 0.381 e. The Morgan fingerprint density at radius 3 is 2.60 bits per heavy atom. The molecule has 7 heteroatoms. The third kappa shape index (κ3) is 4.19. The first-order valence-electron chi connectivity index (χ1n) is 9.83. The minimum absolute atomic E-state index is 0.0324. The van der Waals surface area contributed by atoms with Crippen molar-refractivity contribution in [3.05, 3.63) is 0 Å². The van der Waals surface area contributed by atoms with Gasteiger partial charge in [0.2, 0.25) is 15.9 Å². The Morgan fingerprint density at radius 1 is 1.12 bits per heavy atom. The second-order valence-corrected chi connectivity index (χ2v) is 9.96. The van der Waals surface area contributed by atoms with Gasteiger partial charge in [0.1, 0.15) is 6.04 Å². The summed E-state index contributed by atoms with van der Waals surface area (Å²) in [6, 6.07) is -0.486. The summed E-state index contributed by atoms with van der Waals surface area (Å²) in [6.45, 7) is 5.46. The molecule has 144 valence electrons. The van der Waals surface area contributed by atoms with Crippen LogP contribution in [0, 0.1) is 5.41 Å². The summed E-state index contributed by atoms with van der Waals surface area (Å²) in [7, 11) is -3.33. The lowest BCUT2D eigenvalue weighted by molar-refractivity contribution is -0.141. The number of rotatable bonds is 4. The van der Waals surface area contributed by atoms with Crippen molar-refractivity contribution in [3.8, 4) is 0 Å². The maximum Gasteiger partial charge on any atom is 0.241 e. The third-order valence-corrected chi connectivity index (χ3v) is 8.16. The number of ether oxygens (including phenoxy) is 1. The topological polar surface area (TPSA) is 66.9 Å². The van der Waals surface area contributed by atoms with Gasteiger partial charge in [-0.15, -0.1) is 0 Å². The Kier molecular flexibility index (Phi) is 6.06. The van der Waals surface area contributed by atoms with E-state index in [0.717, 1.165) is 64.8 Å². The second kappa shape index (κ2) is 7.92. The number of hydrogen-bond donors (Lipinski definition) is 0. The zero-order chi connectivity index (χ0) is 17.9. The van der Waals surface area contributed by atoms with Crippen LogP contribution in [0.4, 0.5) is 0 Å². The molecule has 0 unspecified atom stereocenters. The average molecular weight is 373 g/mol. The van der Waals surface area contributed by atoms with Crippen LogP contribution < -0.4 is 0 Å². The lowest BCUT2D eigenvalue weighted by Gasteiger charge is -2.46. The Hall–Kier alpha value is -0.660. The molecule has 25 heavy (non-hydrogen) atoms. The van der Waals surface area contributed by atoms with Crippen molar-refractivity contribution >= 4 is 15.9 Å². The smallest absolute Gasteiger partial charge is 0.241 e. The van der Waals surface area contributed by atoms with E-state index < -0.39 is 16.1 Å². The number of carbonyl (C=O) groups is 1. The molecule has 0 N–H and O–H groups in total. The number of piperidine rings is 2. The summed E-state index contributed by atoms with van der Waals surface area (Å²) in [5.41, 5.74) is 0.188. The average Bonchev–Trinajstić information content (AvgIpc) is 2.62. The van der Waals surface area contributed by atoms with E-state index in [1.165, 1.54) is 4.31 Å². The van der Waals surface area contributed by atoms with E-state index in [4.69, 9.17) is 4.74 Å². The van der Waals surface area contributed by atoms with Gasteiger partial charge in [-0.3, -0.25) is 4.79 Å². The fourth-order valence-electron chi connectivity index (χ4n) is 4.68. The van der Waals surface area contributed by atoms with Crippen molar-refractivity contribution in [2.24, 2.45) is 5.41 Å². The molecule has 3 saturated heterocycles. The first-order valence-corrected chi connectivity index (χ1v) is 11.4. The van der Waals surface area contributed by atoms with E-state index in [1.807, 2.05) is 11.8 Å². The number of hydrogen-bond acceptors (Lipinski definition) is 4. The van der Waals surface area contributed by atoms with Gasteiger partial charge >= 0.3 is 0 Å². The molecule has 0 saturated carbocycles. The normalized spacial score (nSPS) is 28.2. The number of carbonyl (C=O) groups excluding carboxylic acids is 1. The van der Waals surface area contributed by atoms with Crippen LogP contribution in [-0.2, 0) is 19.6 Å². The highest BCUT2D eigenvalue weighted by Crippen LogP contribution is 2.39. The first-order chi connectivity index (χ1) is 12.0. The highest BCUT2D eigenvalue weighted by molar-refractivity contribution is 7.89. The number of likely N-dealkylation sites (tertiary alicyclic amines) is 1. The van der Waals surface area contributed by atoms with Gasteiger partial charge in [0.15, 0.2) is 0 Å². The van der Waals surface area contributed by atoms with E-state index in [1.54, 1.807) is 0 Å². The molecular formula is C18H32N2O4S. The fourth-order valence-corrected chi connectivity index (χ4v) is 6.42. The van der Waals surface area contributed by atoms with Gasteiger partial charge < -0.3 is 9.64 Å². The molecule has 3 rings (SSSR count). The molecule has 0 radical (unpaired) electrons. The van der Waals surface area contributed by atoms with Crippen LogP contribution in [-0.4, -0.2) is 68.2 Å². The van der Waals surface area contributed by atoms with Gasteiger partial charge in [0, 0.05) is 32.8 Å². The molecule has 3 aliphatic rings. The summed E-state index contributed by atoms with van der Waals surface area (Å²) in [5, 5.41) is 0. The molecule has 1 spiro atoms. The molecule has 3 aliphatic heterocycles. The highest BCUT2D eigenvalue weighted by atomic mass is 32.2. The molecule has 6 nitrogen and oxygen atoms in total. The number of nitrogens with zero attached hydrogens (tertiary/aromatic N) is 2.